The van der Waals surface area contributed by atoms with E-state index in [4.69, 9.17) is 27.9 Å². The number of rotatable bonds is 10. The zero-order valence-corrected chi connectivity index (χ0v) is 20.0. The molecule has 5 nitrogen and oxygen atoms in total. The number of carbonyl (C=O) groups is 2. The number of benzene rings is 2. The quantitative estimate of drug-likeness (QED) is 0.511. The monoisotopic (exact) mass is 464 g/mol. The molecule has 7 heteroatoms. The molecule has 0 aliphatic carbocycles. The van der Waals surface area contributed by atoms with Gasteiger partial charge in [0.2, 0.25) is 5.91 Å². The third kappa shape index (κ3) is 7.15. The third-order valence-corrected chi connectivity index (χ3v) is 5.84. The van der Waals surface area contributed by atoms with E-state index in [1.165, 1.54) is 4.90 Å². The van der Waals surface area contributed by atoms with Crippen molar-refractivity contribution in [2.75, 3.05) is 6.61 Å². The summed E-state index contributed by atoms with van der Waals surface area (Å²) in [6.07, 6.45) is 1.24. The number of ether oxygens (including phenoxy) is 1. The van der Waals surface area contributed by atoms with Crippen molar-refractivity contribution in [2.24, 2.45) is 0 Å². The van der Waals surface area contributed by atoms with Crippen molar-refractivity contribution >= 4 is 35.0 Å². The normalized spacial score (nSPS) is 12.7. The molecule has 2 atom stereocenters. The number of nitrogens with zero attached hydrogens (tertiary/aromatic N) is 1. The number of nitrogens with one attached hydrogen (secondary N) is 1. The van der Waals surface area contributed by atoms with E-state index in [0.717, 1.165) is 12.0 Å². The summed E-state index contributed by atoms with van der Waals surface area (Å²) in [7, 11) is 0. The fourth-order valence-electron chi connectivity index (χ4n) is 3.15. The number of halogens is 2. The fraction of sp³-hybridized carbons (Fsp3) is 0.417. The molecule has 2 aromatic carbocycles. The zero-order valence-electron chi connectivity index (χ0n) is 18.5. The highest BCUT2D eigenvalue weighted by Gasteiger charge is 2.30. The lowest BCUT2D eigenvalue weighted by molar-refractivity contribution is -0.143. The number of aryl methyl sites for hydroxylation is 1. The molecule has 0 aromatic heterocycles. The lowest BCUT2D eigenvalue weighted by atomic mass is 10.1. The summed E-state index contributed by atoms with van der Waals surface area (Å²) in [6.45, 7) is 7.67. The number of hydrogen-bond acceptors (Lipinski definition) is 3. The number of amides is 2. The van der Waals surface area contributed by atoms with E-state index >= 15 is 0 Å². The molecule has 31 heavy (non-hydrogen) atoms. The molecular weight excluding hydrogens is 435 g/mol. The van der Waals surface area contributed by atoms with Gasteiger partial charge in [0.25, 0.3) is 5.91 Å². The van der Waals surface area contributed by atoms with E-state index < -0.39 is 6.04 Å². The maximum Gasteiger partial charge on any atom is 0.261 e. The van der Waals surface area contributed by atoms with Crippen LogP contribution in [0.2, 0.25) is 10.0 Å². The number of carbonyl (C=O) groups excluding carboxylic acids is 2. The molecule has 0 unspecified atom stereocenters. The van der Waals surface area contributed by atoms with Crippen molar-refractivity contribution in [1.29, 1.82) is 0 Å². The van der Waals surface area contributed by atoms with Gasteiger partial charge in [-0.05, 0) is 56.5 Å². The average molecular weight is 465 g/mol. The Morgan fingerprint density at radius 1 is 1.06 bits per heavy atom. The Labute approximate surface area is 194 Å². The summed E-state index contributed by atoms with van der Waals surface area (Å²) in [5.41, 5.74) is 1.63. The summed E-state index contributed by atoms with van der Waals surface area (Å²) < 4.78 is 5.72. The maximum absolute atomic E-state index is 13.2. The Bertz CT molecular complexity index is 884. The summed E-state index contributed by atoms with van der Waals surface area (Å²) in [5.74, 6) is 0.0776. The van der Waals surface area contributed by atoms with Gasteiger partial charge < -0.3 is 15.0 Å². The molecule has 0 saturated carbocycles. The lowest BCUT2D eigenvalue weighted by Crippen LogP contribution is -2.51. The second-order valence-corrected chi connectivity index (χ2v) is 8.38. The van der Waals surface area contributed by atoms with Crippen LogP contribution < -0.4 is 10.1 Å². The van der Waals surface area contributed by atoms with E-state index in [1.54, 1.807) is 24.3 Å². The maximum atomic E-state index is 13.2. The van der Waals surface area contributed by atoms with Crippen molar-refractivity contribution in [1.82, 2.24) is 10.2 Å². The van der Waals surface area contributed by atoms with Gasteiger partial charge in [0.1, 0.15) is 11.8 Å². The topological polar surface area (TPSA) is 58.6 Å². The van der Waals surface area contributed by atoms with Crippen LogP contribution in [-0.4, -0.2) is 35.4 Å². The minimum absolute atomic E-state index is 0.00551. The summed E-state index contributed by atoms with van der Waals surface area (Å²) in [4.78, 5) is 27.7. The van der Waals surface area contributed by atoms with Gasteiger partial charge >= 0.3 is 0 Å². The van der Waals surface area contributed by atoms with Gasteiger partial charge in [-0.1, -0.05) is 55.2 Å². The van der Waals surface area contributed by atoms with Crippen LogP contribution in [0.25, 0.3) is 0 Å². The van der Waals surface area contributed by atoms with E-state index in [-0.39, 0.29) is 31.0 Å². The smallest absolute Gasteiger partial charge is 0.261 e. The van der Waals surface area contributed by atoms with Crippen LogP contribution in [0.5, 0.6) is 5.75 Å². The molecule has 0 saturated heterocycles. The van der Waals surface area contributed by atoms with Gasteiger partial charge in [0.15, 0.2) is 6.61 Å². The van der Waals surface area contributed by atoms with E-state index in [2.05, 4.69) is 5.32 Å². The summed E-state index contributed by atoms with van der Waals surface area (Å²) in [5, 5.41) is 3.87. The molecule has 0 spiro atoms. The Morgan fingerprint density at radius 2 is 1.71 bits per heavy atom. The second kappa shape index (κ2) is 12.0. The highest BCUT2D eigenvalue weighted by atomic mass is 35.5. The van der Waals surface area contributed by atoms with Gasteiger partial charge in [0, 0.05) is 28.2 Å². The predicted octanol–water partition coefficient (Wildman–Crippen LogP) is 5.40. The van der Waals surface area contributed by atoms with Gasteiger partial charge in [0.05, 0.1) is 0 Å². The first-order valence-corrected chi connectivity index (χ1v) is 11.2. The van der Waals surface area contributed by atoms with E-state index in [9.17, 15) is 9.59 Å². The largest absolute Gasteiger partial charge is 0.484 e. The van der Waals surface area contributed by atoms with Crippen molar-refractivity contribution in [2.45, 2.75) is 59.2 Å². The van der Waals surface area contributed by atoms with E-state index in [1.807, 2.05) is 45.9 Å². The molecule has 2 amide bonds. The molecular formula is C24H30Cl2N2O3. The molecule has 2 aromatic rings. The second-order valence-electron chi connectivity index (χ2n) is 7.57. The van der Waals surface area contributed by atoms with Crippen LogP contribution in [0.15, 0.2) is 42.5 Å². The molecule has 0 heterocycles. The lowest BCUT2D eigenvalue weighted by Gasteiger charge is -2.31. The molecule has 0 bridgehead atoms. The van der Waals surface area contributed by atoms with Crippen LogP contribution >= 0.6 is 23.2 Å². The first-order valence-electron chi connectivity index (χ1n) is 10.5. The van der Waals surface area contributed by atoms with Crippen molar-refractivity contribution in [3.05, 3.63) is 63.6 Å². The number of hydrogen-bond donors (Lipinski definition) is 1. The fourth-order valence-corrected chi connectivity index (χ4v) is 3.66. The summed E-state index contributed by atoms with van der Waals surface area (Å²) in [6, 6.07) is 12.0. The van der Waals surface area contributed by atoms with Crippen molar-refractivity contribution in [3.63, 3.8) is 0 Å². The Balaban J connectivity index is 2.28. The highest BCUT2D eigenvalue weighted by molar-refractivity contribution is 6.36. The standard InChI is InChI=1S/C24H30Cl2N2O3/c1-5-17(4)27-24(30)22(6-2)28(14-19-20(25)11-8-12-21(19)26)23(29)15-31-18-10-7-9-16(3)13-18/h7-13,17,22H,5-6,14-15H2,1-4H3,(H,27,30)/t17-,22+/m0/s1. The van der Waals surface area contributed by atoms with Crippen LogP contribution in [0.4, 0.5) is 0 Å². The molecule has 0 aliphatic heterocycles. The van der Waals surface area contributed by atoms with Crippen LogP contribution in [0.3, 0.4) is 0 Å². The first kappa shape index (κ1) is 25.0. The highest BCUT2D eigenvalue weighted by Crippen LogP contribution is 2.27. The molecule has 2 rings (SSSR count). The van der Waals surface area contributed by atoms with Crippen molar-refractivity contribution in [3.8, 4) is 5.75 Å². The van der Waals surface area contributed by atoms with E-state index in [0.29, 0.717) is 27.8 Å². The molecule has 0 radical (unpaired) electrons. The molecule has 1 N–H and O–H groups in total. The minimum atomic E-state index is -0.671. The van der Waals surface area contributed by atoms with Crippen LogP contribution in [0.1, 0.15) is 44.7 Å². The minimum Gasteiger partial charge on any atom is -0.484 e. The van der Waals surface area contributed by atoms with Gasteiger partial charge in [-0.25, -0.2) is 0 Å². The Hall–Kier alpha value is -2.24. The SMILES string of the molecule is CC[C@H](C(=O)N[C@@H](C)CC)N(Cc1c(Cl)cccc1Cl)C(=O)COc1cccc(C)c1. The zero-order chi connectivity index (χ0) is 23.0. The molecule has 0 aliphatic rings. The molecule has 168 valence electrons. The van der Waals surface area contributed by atoms with Crippen molar-refractivity contribution < 1.29 is 14.3 Å². The third-order valence-electron chi connectivity index (χ3n) is 5.13. The van der Waals surface area contributed by atoms with Crippen LogP contribution in [0, 0.1) is 6.92 Å². The van der Waals surface area contributed by atoms with Gasteiger partial charge in [-0.15, -0.1) is 0 Å². The summed E-state index contributed by atoms with van der Waals surface area (Å²) >= 11 is 12.7. The van der Waals surface area contributed by atoms with Gasteiger partial charge in [-0.3, -0.25) is 9.59 Å². The Morgan fingerprint density at radius 3 is 2.29 bits per heavy atom. The average Bonchev–Trinajstić information content (AvgIpc) is 2.73. The molecule has 0 fully saturated rings. The van der Waals surface area contributed by atoms with Gasteiger partial charge in [-0.2, -0.15) is 0 Å². The predicted molar refractivity (Wildman–Crippen MR) is 126 cm³/mol. The van der Waals surface area contributed by atoms with Crippen LogP contribution in [-0.2, 0) is 16.1 Å². The first-order chi connectivity index (χ1) is 14.8. The Kier molecular flexibility index (Phi) is 9.66.